The number of nitrogens with zero attached hydrogens (tertiary/aromatic N) is 2. The van der Waals surface area contributed by atoms with Crippen LogP contribution in [-0.2, 0) is 16.0 Å². The van der Waals surface area contributed by atoms with Crippen molar-refractivity contribution < 1.29 is 23.8 Å². The molecule has 34 heavy (non-hydrogen) atoms. The van der Waals surface area contributed by atoms with E-state index in [2.05, 4.69) is 26.4 Å². The third kappa shape index (κ3) is 5.94. The first-order valence-corrected chi connectivity index (χ1v) is 10.4. The van der Waals surface area contributed by atoms with Crippen LogP contribution in [0.15, 0.2) is 60.7 Å². The zero-order valence-electron chi connectivity index (χ0n) is 18.4. The summed E-state index contributed by atoms with van der Waals surface area (Å²) >= 11 is 0. The zero-order valence-corrected chi connectivity index (χ0v) is 18.4. The molecule has 9 heteroatoms. The Bertz CT molecular complexity index is 1230. The molecule has 1 atom stereocenters. The number of amides is 1. The molecule has 8 nitrogen and oxygen atoms in total. The van der Waals surface area contributed by atoms with Gasteiger partial charge >= 0.3 is 5.97 Å². The minimum atomic E-state index is -1.24. The Hall–Kier alpha value is -4.29. The number of methoxy groups -OCH3 is 1. The number of anilines is 1. The number of carbonyl (C=O) groups is 2. The van der Waals surface area contributed by atoms with Crippen LogP contribution in [0.25, 0.3) is 11.3 Å². The minimum absolute atomic E-state index is 0.125. The van der Waals surface area contributed by atoms with Gasteiger partial charge in [0.1, 0.15) is 11.6 Å². The van der Waals surface area contributed by atoms with Crippen LogP contribution >= 0.6 is 0 Å². The largest absolute Gasteiger partial charge is 0.467 e. The molecule has 0 spiro atoms. The second-order valence-corrected chi connectivity index (χ2v) is 7.29. The standard InChI is InChI=1S/C25H23FN4O4/c1-34-25(33)22(15-31)30-24(32)20-9-10-21(19-8-3-2-6-17(19)14-27)29-23(20)28-12-11-16-5-4-7-18(26)13-16/h2-10,13,22,31H,11-12,15H2,1H3,(H,28,29)(H,30,32)/t22-/m0/s1. The third-order valence-electron chi connectivity index (χ3n) is 5.03. The molecule has 0 bridgehead atoms. The molecule has 0 aliphatic heterocycles. The fourth-order valence-corrected chi connectivity index (χ4v) is 3.31. The highest BCUT2D eigenvalue weighted by atomic mass is 19.1. The van der Waals surface area contributed by atoms with E-state index in [9.17, 15) is 24.3 Å². The van der Waals surface area contributed by atoms with E-state index in [1.54, 1.807) is 42.5 Å². The molecular formula is C25H23FN4O4. The summed E-state index contributed by atoms with van der Waals surface area (Å²) in [5, 5.41) is 24.4. The van der Waals surface area contributed by atoms with Gasteiger partial charge in [0.05, 0.1) is 36.6 Å². The number of carbonyl (C=O) groups excluding carboxylic acids is 2. The van der Waals surface area contributed by atoms with Crippen molar-refractivity contribution in [1.29, 1.82) is 5.26 Å². The number of ether oxygens (including phenoxy) is 1. The first-order chi connectivity index (χ1) is 16.5. The van der Waals surface area contributed by atoms with Crippen molar-refractivity contribution >= 4 is 17.7 Å². The van der Waals surface area contributed by atoms with Gasteiger partial charge < -0.3 is 20.5 Å². The summed E-state index contributed by atoms with van der Waals surface area (Å²) in [6.07, 6.45) is 0.459. The van der Waals surface area contributed by atoms with Crippen LogP contribution in [0.2, 0.25) is 0 Å². The smallest absolute Gasteiger partial charge is 0.330 e. The topological polar surface area (TPSA) is 124 Å². The zero-order chi connectivity index (χ0) is 24.5. The number of benzene rings is 2. The number of nitriles is 1. The third-order valence-corrected chi connectivity index (χ3v) is 5.03. The van der Waals surface area contributed by atoms with Gasteiger partial charge in [0.15, 0.2) is 6.04 Å². The molecule has 0 aliphatic rings. The van der Waals surface area contributed by atoms with Gasteiger partial charge in [-0.3, -0.25) is 4.79 Å². The maximum absolute atomic E-state index is 13.5. The molecule has 2 aromatic carbocycles. The summed E-state index contributed by atoms with van der Waals surface area (Å²) in [6, 6.07) is 17.1. The number of halogens is 1. The van der Waals surface area contributed by atoms with Crippen molar-refractivity contribution in [2.75, 3.05) is 25.6 Å². The lowest BCUT2D eigenvalue weighted by Gasteiger charge is -2.17. The van der Waals surface area contributed by atoms with Crippen LogP contribution < -0.4 is 10.6 Å². The van der Waals surface area contributed by atoms with Crippen molar-refractivity contribution in [2.24, 2.45) is 0 Å². The van der Waals surface area contributed by atoms with Crippen molar-refractivity contribution in [3.63, 3.8) is 0 Å². The van der Waals surface area contributed by atoms with E-state index in [4.69, 9.17) is 0 Å². The fraction of sp³-hybridized carbons (Fsp3) is 0.200. The van der Waals surface area contributed by atoms with Gasteiger partial charge in [-0.15, -0.1) is 0 Å². The number of rotatable bonds is 9. The van der Waals surface area contributed by atoms with Gasteiger partial charge in [0.2, 0.25) is 0 Å². The second kappa shape index (κ2) is 11.5. The molecule has 0 fully saturated rings. The summed E-state index contributed by atoms with van der Waals surface area (Å²) < 4.78 is 18.1. The number of nitrogens with one attached hydrogen (secondary N) is 2. The van der Waals surface area contributed by atoms with Gasteiger partial charge in [0.25, 0.3) is 5.91 Å². The average Bonchev–Trinajstić information content (AvgIpc) is 2.86. The monoisotopic (exact) mass is 462 g/mol. The molecule has 0 unspecified atom stereocenters. The molecule has 1 aromatic heterocycles. The fourth-order valence-electron chi connectivity index (χ4n) is 3.31. The average molecular weight is 462 g/mol. The Morgan fingerprint density at radius 2 is 1.97 bits per heavy atom. The molecule has 174 valence electrons. The lowest BCUT2D eigenvalue weighted by molar-refractivity contribution is -0.143. The molecule has 1 amide bonds. The maximum atomic E-state index is 13.5. The van der Waals surface area contributed by atoms with E-state index in [-0.39, 0.29) is 17.2 Å². The van der Waals surface area contributed by atoms with E-state index < -0.39 is 24.5 Å². The van der Waals surface area contributed by atoms with Crippen molar-refractivity contribution in [1.82, 2.24) is 10.3 Å². The number of aromatic nitrogens is 1. The summed E-state index contributed by atoms with van der Waals surface area (Å²) in [7, 11) is 1.15. The highest BCUT2D eigenvalue weighted by Crippen LogP contribution is 2.25. The van der Waals surface area contributed by atoms with Gasteiger partial charge in [-0.1, -0.05) is 30.3 Å². The summed E-state index contributed by atoms with van der Waals surface area (Å²) in [5.41, 5.74) is 2.36. The van der Waals surface area contributed by atoms with Crippen LogP contribution in [0.5, 0.6) is 0 Å². The van der Waals surface area contributed by atoms with Gasteiger partial charge in [-0.25, -0.2) is 14.2 Å². The molecule has 1 heterocycles. The molecular weight excluding hydrogens is 439 g/mol. The predicted octanol–water partition coefficient (Wildman–Crippen LogP) is 2.68. The molecule has 3 N–H and O–H groups in total. The molecule has 0 saturated carbocycles. The normalized spacial score (nSPS) is 11.2. The SMILES string of the molecule is COC(=O)[C@H](CO)NC(=O)c1ccc(-c2ccccc2C#N)nc1NCCc1cccc(F)c1. The number of aliphatic hydroxyl groups excluding tert-OH is 1. The lowest BCUT2D eigenvalue weighted by atomic mass is 10.0. The van der Waals surface area contributed by atoms with Crippen LogP contribution in [0.3, 0.4) is 0 Å². The number of pyridine rings is 1. The number of hydrogen-bond donors (Lipinski definition) is 3. The van der Waals surface area contributed by atoms with Crippen LogP contribution in [0.4, 0.5) is 10.2 Å². The predicted molar refractivity (Wildman–Crippen MR) is 123 cm³/mol. The number of aliphatic hydroxyl groups is 1. The lowest BCUT2D eigenvalue weighted by Crippen LogP contribution is -2.44. The number of hydrogen-bond acceptors (Lipinski definition) is 7. The van der Waals surface area contributed by atoms with Crippen LogP contribution in [-0.4, -0.2) is 48.3 Å². The first-order valence-electron chi connectivity index (χ1n) is 10.4. The highest BCUT2D eigenvalue weighted by molar-refractivity contribution is 6.01. The molecule has 0 aliphatic carbocycles. The van der Waals surface area contributed by atoms with E-state index in [0.29, 0.717) is 29.8 Å². The molecule has 0 saturated heterocycles. The Morgan fingerprint density at radius 3 is 2.68 bits per heavy atom. The quantitative estimate of drug-likeness (QED) is 0.418. The summed E-state index contributed by atoms with van der Waals surface area (Å²) in [6.45, 7) is -0.303. The summed E-state index contributed by atoms with van der Waals surface area (Å²) in [4.78, 5) is 29.2. The van der Waals surface area contributed by atoms with Crippen molar-refractivity contribution in [2.45, 2.75) is 12.5 Å². The number of esters is 1. The first kappa shape index (κ1) is 24.4. The van der Waals surface area contributed by atoms with Crippen molar-refractivity contribution in [3.8, 4) is 17.3 Å². The van der Waals surface area contributed by atoms with Crippen molar-refractivity contribution in [3.05, 3.63) is 83.2 Å². The van der Waals surface area contributed by atoms with E-state index >= 15 is 0 Å². The van der Waals surface area contributed by atoms with Crippen LogP contribution in [0, 0.1) is 17.1 Å². The van der Waals surface area contributed by atoms with Gasteiger partial charge in [-0.2, -0.15) is 5.26 Å². The van der Waals surface area contributed by atoms with Crippen LogP contribution in [0.1, 0.15) is 21.5 Å². The Labute approximate surface area is 196 Å². The maximum Gasteiger partial charge on any atom is 0.330 e. The Morgan fingerprint density at radius 1 is 1.18 bits per heavy atom. The molecule has 3 rings (SSSR count). The highest BCUT2D eigenvalue weighted by Gasteiger charge is 2.23. The van der Waals surface area contributed by atoms with Gasteiger partial charge in [0, 0.05) is 12.1 Å². The van der Waals surface area contributed by atoms with Gasteiger partial charge in [-0.05, 0) is 42.3 Å². The van der Waals surface area contributed by atoms with E-state index in [1.807, 2.05) is 0 Å². The molecule has 0 radical (unpaired) electrons. The van der Waals surface area contributed by atoms with E-state index in [0.717, 1.165) is 12.7 Å². The molecule has 3 aromatic rings. The Kier molecular flexibility index (Phi) is 8.26. The summed E-state index contributed by atoms with van der Waals surface area (Å²) in [5.74, 6) is -1.57. The second-order valence-electron chi connectivity index (χ2n) is 7.29. The van der Waals surface area contributed by atoms with E-state index in [1.165, 1.54) is 18.2 Å². The Balaban J connectivity index is 1.91. The minimum Gasteiger partial charge on any atom is -0.467 e.